The van der Waals surface area contributed by atoms with E-state index < -0.39 is 12.2 Å². The zero-order valence-corrected chi connectivity index (χ0v) is 13.2. The van der Waals surface area contributed by atoms with Crippen molar-refractivity contribution in [3.8, 4) is 5.75 Å². The Morgan fingerprint density at radius 2 is 2.18 bits per heavy atom. The van der Waals surface area contributed by atoms with Crippen LogP contribution in [-0.2, 0) is 0 Å². The largest absolute Gasteiger partial charge is 0.491 e. The van der Waals surface area contributed by atoms with Crippen LogP contribution >= 0.6 is 11.6 Å². The van der Waals surface area contributed by atoms with Crippen molar-refractivity contribution < 1.29 is 20.1 Å². The normalized spacial score (nSPS) is 26.5. The van der Waals surface area contributed by atoms with Gasteiger partial charge in [0.1, 0.15) is 18.5 Å². The van der Waals surface area contributed by atoms with E-state index in [1.165, 1.54) is 0 Å². The standard InChI is InChI=1S/C17H23ClO4/c18-13-2-1-3-15(10-13)22-11-14(20)5-6-16-12(8-9-19)4-7-17(16)21/h1-3,5-6,10,12,14,16-17,19-21H,4,7-9,11H2/b6-5+/t12-,14-,16-,17+/m1/s1. The number of rotatable bonds is 7. The zero-order valence-electron chi connectivity index (χ0n) is 12.4. The summed E-state index contributed by atoms with van der Waals surface area (Å²) < 4.78 is 5.48. The highest BCUT2D eigenvalue weighted by Gasteiger charge is 2.32. The lowest BCUT2D eigenvalue weighted by atomic mass is 9.91. The lowest BCUT2D eigenvalue weighted by Gasteiger charge is -2.18. The van der Waals surface area contributed by atoms with Crippen LogP contribution < -0.4 is 4.74 Å². The van der Waals surface area contributed by atoms with Gasteiger partial charge in [0.25, 0.3) is 0 Å². The van der Waals surface area contributed by atoms with Crippen molar-refractivity contribution in [1.82, 2.24) is 0 Å². The Hall–Kier alpha value is -1.07. The fourth-order valence-corrected chi connectivity index (χ4v) is 3.10. The van der Waals surface area contributed by atoms with Gasteiger partial charge in [-0.25, -0.2) is 0 Å². The van der Waals surface area contributed by atoms with Crippen LogP contribution in [-0.4, -0.2) is 40.7 Å². The fraction of sp³-hybridized carbons (Fsp3) is 0.529. The van der Waals surface area contributed by atoms with E-state index in [2.05, 4.69) is 0 Å². The molecule has 1 aromatic rings. The van der Waals surface area contributed by atoms with Crippen molar-refractivity contribution in [3.05, 3.63) is 41.4 Å². The molecular formula is C17H23ClO4. The monoisotopic (exact) mass is 326 g/mol. The lowest BCUT2D eigenvalue weighted by Crippen LogP contribution is -2.20. The van der Waals surface area contributed by atoms with Gasteiger partial charge in [-0.15, -0.1) is 0 Å². The van der Waals surface area contributed by atoms with Crippen molar-refractivity contribution in [2.24, 2.45) is 11.8 Å². The molecule has 0 unspecified atom stereocenters. The molecule has 1 fully saturated rings. The molecule has 0 radical (unpaired) electrons. The smallest absolute Gasteiger partial charge is 0.120 e. The summed E-state index contributed by atoms with van der Waals surface area (Å²) in [4.78, 5) is 0. The number of halogens is 1. The summed E-state index contributed by atoms with van der Waals surface area (Å²) in [7, 11) is 0. The number of aliphatic hydroxyl groups excluding tert-OH is 3. The molecule has 0 heterocycles. The Morgan fingerprint density at radius 3 is 2.91 bits per heavy atom. The Kier molecular flexibility index (Phi) is 6.70. The van der Waals surface area contributed by atoms with Gasteiger partial charge in [-0.05, 0) is 43.4 Å². The molecule has 0 amide bonds. The predicted molar refractivity (Wildman–Crippen MR) is 86.0 cm³/mol. The maximum atomic E-state index is 9.98. The maximum absolute atomic E-state index is 9.98. The topological polar surface area (TPSA) is 69.9 Å². The maximum Gasteiger partial charge on any atom is 0.120 e. The molecule has 0 saturated heterocycles. The first-order chi connectivity index (χ1) is 10.6. The first kappa shape index (κ1) is 17.3. The van der Waals surface area contributed by atoms with Crippen LogP contribution in [0.25, 0.3) is 0 Å². The third-order valence-electron chi connectivity index (χ3n) is 4.09. The van der Waals surface area contributed by atoms with Crippen molar-refractivity contribution >= 4 is 11.6 Å². The molecule has 5 heteroatoms. The van der Waals surface area contributed by atoms with Crippen LogP contribution in [0.3, 0.4) is 0 Å². The highest BCUT2D eigenvalue weighted by Crippen LogP contribution is 2.35. The summed E-state index contributed by atoms with van der Waals surface area (Å²) in [5.41, 5.74) is 0. The summed E-state index contributed by atoms with van der Waals surface area (Å²) in [5.74, 6) is 0.879. The number of benzene rings is 1. The summed E-state index contributed by atoms with van der Waals surface area (Å²) in [6.45, 7) is 0.256. The molecule has 2 rings (SSSR count). The minimum absolute atomic E-state index is 0.00651. The van der Waals surface area contributed by atoms with E-state index in [-0.39, 0.29) is 25.0 Å². The Bertz CT molecular complexity index is 489. The highest BCUT2D eigenvalue weighted by molar-refractivity contribution is 6.30. The van der Waals surface area contributed by atoms with Crippen LogP contribution in [0, 0.1) is 11.8 Å². The molecular weight excluding hydrogens is 304 g/mol. The van der Waals surface area contributed by atoms with Gasteiger partial charge >= 0.3 is 0 Å². The number of hydrogen-bond donors (Lipinski definition) is 3. The molecule has 0 bridgehead atoms. The first-order valence-corrected chi connectivity index (χ1v) is 8.01. The van der Waals surface area contributed by atoms with E-state index >= 15 is 0 Å². The lowest BCUT2D eigenvalue weighted by molar-refractivity contribution is 0.129. The van der Waals surface area contributed by atoms with Crippen LogP contribution in [0.2, 0.25) is 5.02 Å². The van der Waals surface area contributed by atoms with Gasteiger partial charge in [0, 0.05) is 17.5 Å². The second-order valence-electron chi connectivity index (χ2n) is 5.72. The average molecular weight is 327 g/mol. The summed E-state index contributed by atoms with van der Waals surface area (Å²) >= 11 is 5.86. The number of hydrogen-bond acceptors (Lipinski definition) is 4. The minimum Gasteiger partial charge on any atom is -0.491 e. The Balaban J connectivity index is 1.84. The van der Waals surface area contributed by atoms with E-state index in [1.54, 1.807) is 30.3 Å². The van der Waals surface area contributed by atoms with Crippen molar-refractivity contribution in [1.29, 1.82) is 0 Å². The second kappa shape index (κ2) is 8.53. The molecule has 4 nitrogen and oxygen atoms in total. The second-order valence-corrected chi connectivity index (χ2v) is 6.15. The van der Waals surface area contributed by atoms with E-state index in [1.807, 2.05) is 6.08 Å². The highest BCUT2D eigenvalue weighted by atomic mass is 35.5. The van der Waals surface area contributed by atoms with E-state index in [0.29, 0.717) is 17.2 Å². The van der Waals surface area contributed by atoms with Crippen molar-refractivity contribution in [2.45, 2.75) is 31.5 Å². The van der Waals surface area contributed by atoms with Gasteiger partial charge < -0.3 is 20.1 Å². The molecule has 0 spiro atoms. The Morgan fingerprint density at radius 1 is 1.36 bits per heavy atom. The van der Waals surface area contributed by atoms with Gasteiger partial charge in [-0.2, -0.15) is 0 Å². The third-order valence-corrected chi connectivity index (χ3v) is 4.33. The van der Waals surface area contributed by atoms with Crippen molar-refractivity contribution in [2.75, 3.05) is 13.2 Å². The van der Waals surface area contributed by atoms with Crippen LogP contribution in [0.15, 0.2) is 36.4 Å². The van der Waals surface area contributed by atoms with Crippen LogP contribution in [0.1, 0.15) is 19.3 Å². The molecule has 0 aromatic heterocycles. The van der Waals surface area contributed by atoms with Crippen LogP contribution in [0.5, 0.6) is 5.75 Å². The zero-order chi connectivity index (χ0) is 15.9. The summed E-state index contributed by atoms with van der Waals surface area (Å²) in [6.07, 6.45) is 4.70. The quantitative estimate of drug-likeness (QED) is 0.673. The molecule has 1 saturated carbocycles. The van der Waals surface area contributed by atoms with Crippen molar-refractivity contribution in [3.63, 3.8) is 0 Å². The van der Waals surface area contributed by atoms with Gasteiger partial charge in [0.15, 0.2) is 0 Å². The molecule has 1 aromatic carbocycles. The molecule has 22 heavy (non-hydrogen) atoms. The number of ether oxygens (including phenoxy) is 1. The van der Waals surface area contributed by atoms with Gasteiger partial charge in [-0.1, -0.05) is 29.8 Å². The molecule has 4 atom stereocenters. The van der Waals surface area contributed by atoms with Gasteiger partial charge in [0.05, 0.1) is 6.10 Å². The summed E-state index contributed by atoms with van der Waals surface area (Å²) in [5, 5.41) is 29.6. The minimum atomic E-state index is -0.749. The van der Waals surface area contributed by atoms with Crippen LogP contribution in [0.4, 0.5) is 0 Å². The van der Waals surface area contributed by atoms with E-state index in [9.17, 15) is 10.2 Å². The molecule has 3 N–H and O–H groups in total. The van der Waals surface area contributed by atoms with E-state index in [0.717, 1.165) is 12.8 Å². The summed E-state index contributed by atoms with van der Waals surface area (Å²) in [6, 6.07) is 7.01. The van der Waals surface area contributed by atoms with Gasteiger partial charge in [0.2, 0.25) is 0 Å². The molecule has 0 aliphatic heterocycles. The molecule has 1 aliphatic rings. The molecule has 122 valence electrons. The van der Waals surface area contributed by atoms with Gasteiger partial charge in [-0.3, -0.25) is 0 Å². The average Bonchev–Trinajstić information content (AvgIpc) is 2.84. The van der Waals surface area contributed by atoms with E-state index in [4.69, 9.17) is 21.4 Å². The predicted octanol–water partition coefficient (Wildman–Crippen LogP) is 2.41. The fourth-order valence-electron chi connectivity index (χ4n) is 2.92. The molecule has 1 aliphatic carbocycles. The third kappa shape index (κ3) is 4.99. The first-order valence-electron chi connectivity index (χ1n) is 7.64. The SMILES string of the molecule is OCC[C@H]1CC[C@H](O)[C@@H]1/C=C/[C@@H](O)COc1cccc(Cl)c1. The number of aliphatic hydroxyl groups is 3. The Labute approximate surface area is 136 Å².